The number of aromatic nitrogens is 2. The molecule has 23 heavy (non-hydrogen) atoms. The van der Waals surface area contributed by atoms with E-state index < -0.39 is 9.84 Å². The Morgan fingerprint density at radius 3 is 2.78 bits per heavy atom. The Morgan fingerprint density at radius 2 is 2.09 bits per heavy atom. The van der Waals surface area contributed by atoms with E-state index in [0.29, 0.717) is 0 Å². The molecule has 2 aromatic rings. The molecule has 0 unspecified atom stereocenters. The van der Waals surface area contributed by atoms with Crippen LogP contribution in [0.2, 0.25) is 0 Å². The zero-order valence-corrected chi connectivity index (χ0v) is 14.6. The Balaban J connectivity index is 1.93. The van der Waals surface area contributed by atoms with Crippen molar-refractivity contribution >= 4 is 21.4 Å². The van der Waals surface area contributed by atoms with E-state index in [-0.39, 0.29) is 36.3 Å². The highest BCUT2D eigenvalue weighted by molar-refractivity contribution is 7.91. The van der Waals surface area contributed by atoms with Crippen molar-refractivity contribution in [3.8, 4) is 0 Å². The fourth-order valence-electron chi connectivity index (χ4n) is 2.53. The van der Waals surface area contributed by atoms with Crippen molar-refractivity contribution in [3.05, 3.63) is 35.8 Å². The van der Waals surface area contributed by atoms with E-state index in [0.717, 1.165) is 17.0 Å². The lowest BCUT2D eigenvalue weighted by Crippen LogP contribution is -2.32. The third-order valence-electron chi connectivity index (χ3n) is 3.48. The highest BCUT2D eigenvalue weighted by Gasteiger charge is 2.15. The van der Waals surface area contributed by atoms with Gasteiger partial charge in [-0.25, -0.2) is 13.4 Å². The van der Waals surface area contributed by atoms with Crippen molar-refractivity contribution in [1.82, 2.24) is 14.7 Å². The van der Waals surface area contributed by atoms with E-state index in [4.69, 9.17) is 0 Å². The normalized spacial score (nSPS) is 12.0. The number of nitrogens with zero attached hydrogens (tertiary/aromatic N) is 2. The average molecular weight is 337 g/mol. The van der Waals surface area contributed by atoms with Crippen molar-refractivity contribution in [3.63, 3.8) is 0 Å². The summed E-state index contributed by atoms with van der Waals surface area (Å²) in [6, 6.07) is 5.66. The minimum absolute atomic E-state index is 0.0247. The predicted molar refractivity (Wildman–Crippen MR) is 90.1 cm³/mol. The largest absolute Gasteiger partial charge is 0.355 e. The topological polar surface area (TPSA) is 80.5 Å². The molecule has 126 valence electrons. The highest BCUT2D eigenvalue weighted by Crippen LogP contribution is 2.12. The summed E-state index contributed by atoms with van der Waals surface area (Å²) in [6.45, 7) is 5.74. The SMILES string of the molecule is Cc1nc2ccccn2c1CC(=O)NCCS(=O)(=O)CC(C)C. The summed E-state index contributed by atoms with van der Waals surface area (Å²) in [5.41, 5.74) is 2.43. The van der Waals surface area contributed by atoms with Crippen molar-refractivity contribution in [2.45, 2.75) is 27.2 Å². The zero-order chi connectivity index (χ0) is 17.0. The first-order valence-electron chi connectivity index (χ1n) is 7.68. The number of sulfone groups is 1. The number of hydrogen-bond acceptors (Lipinski definition) is 4. The molecule has 1 N–H and O–H groups in total. The maximum atomic E-state index is 12.1. The molecule has 1 amide bonds. The van der Waals surface area contributed by atoms with Gasteiger partial charge in [0.2, 0.25) is 5.91 Å². The van der Waals surface area contributed by atoms with Gasteiger partial charge in [-0.2, -0.15) is 0 Å². The van der Waals surface area contributed by atoms with Gasteiger partial charge < -0.3 is 9.72 Å². The lowest BCUT2D eigenvalue weighted by molar-refractivity contribution is -0.120. The van der Waals surface area contributed by atoms with Gasteiger partial charge in [0.1, 0.15) is 5.65 Å². The van der Waals surface area contributed by atoms with Crippen LogP contribution >= 0.6 is 0 Å². The lowest BCUT2D eigenvalue weighted by Gasteiger charge is -2.08. The molecular formula is C16H23N3O3S. The van der Waals surface area contributed by atoms with Gasteiger partial charge >= 0.3 is 0 Å². The molecule has 0 spiro atoms. The molecule has 0 atom stereocenters. The molecule has 0 fully saturated rings. The molecule has 6 nitrogen and oxygen atoms in total. The number of rotatable bonds is 7. The number of imidazole rings is 1. The number of hydrogen-bond donors (Lipinski definition) is 1. The van der Waals surface area contributed by atoms with E-state index in [1.807, 2.05) is 49.6 Å². The van der Waals surface area contributed by atoms with Gasteiger partial charge in [-0.05, 0) is 25.0 Å². The molecule has 2 aromatic heterocycles. The second-order valence-corrected chi connectivity index (χ2v) is 8.34. The standard InChI is InChI=1S/C16H23N3O3S/c1-12(2)11-23(21,22)9-7-17-16(20)10-14-13(3)18-15-6-4-5-8-19(14)15/h4-6,8,12H,7,9-11H2,1-3H3,(H,17,20). The molecule has 2 rings (SSSR count). The fourth-order valence-corrected chi connectivity index (χ4v) is 4.12. The van der Waals surface area contributed by atoms with Gasteiger partial charge in [-0.3, -0.25) is 4.79 Å². The van der Waals surface area contributed by atoms with Crippen LogP contribution in [0.3, 0.4) is 0 Å². The van der Waals surface area contributed by atoms with Crippen LogP contribution in [0, 0.1) is 12.8 Å². The molecule has 0 aliphatic heterocycles. The van der Waals surface area contributed by atoms with Gasteiger partial charge in [0.25, 0.3) is 0 Å². The summed E-state index contributed by atoms with van der Waals surface area (Å²) in [5.74, 6) is 0.0215. The Hall–Kier alpha value is -1.89. The van der Waals surface area contributed by atoms with Crippen LogP contribution in [0.4, 0.5) is 0 Å². The fraction of sp³-hybridized carbons (Fsp3) is 0.500. The molecule has 0 aliphatic carbocycles. The third-order valence-corrected chi connectivity index (χ3v) is 5.48. The Kier molecular flexibility index (Phi) is 5.41. The van der Waals surface area contributed by atoms with Crippen LogP contribution in [-0.4, -0.2) is 41.8 Å². The maximum absolute atomic E-state index is 12.1. The second-order valence-electron chi connectivity index (χ2n) is 6.11. The molecule has 0 aliphatic rings. The second kappa shape index (κ2) is 7.12. The van der Waals surface area contributed by atoms with Crippen molar-refractivity contribution in [1.29, 1.82) is 0 Å². The van der Waals surface area contributed by atoms with Crippen molar-refractivity contribution in [2.24, 2.45) is 5.92 Å². The quantitative estimate of drug-likeness (QED) is 0.827. The van der Waals surface area contributed by atoms with Gasteiger partial charge in [0.15, 0.2) is 9.84 Å². The van der Waals surface area contributed by atoms with E-state index in [9.17, 15) is 13.2 Å². The number of fused-ring (bicyclic) bond motifs is 1. The van der Waals surface area contributed by atoms with E-state index in [1.165, 1.54) is 0 Å². The van der Waals surface area contributed by atoms with Crippen LogP contribution in [0.5, 0.6) is 0 Å². The number of nitrogens with one attached hydrogen (secondary N) is 1. The number of amides is 1. The predicted octanol–water partition coefficient (Wildman–Crippen LogP) is 1.37. The van der Waals surface area contributed by atoms with Crippen LogP contribution in [0.15, 0.2) is 24.4 Å². The Bertz CT molecular complexity index is 794. The number of carbonyl (C=O) groups is 1. The summed E-state index contributed by atoms with van der Waals surface area (Å²) < 4.78 is 25.5. The molecule has 0 bridgehead atoms. The van der Waals surface area contributed by atoms with Crippen LogP contribution in [0.25, 0.3) is 5.65 Å². The van der Waals surface area contributed by atoms with Gasteiger partial charge in [0.05, 0.1) is 29.3 Å². The summed E-state index contributed by atoms with van der Waals surface area (Å²) in [4.78, 5) is 16.5. The first kappa shape index (κ1) is 17.5. The summed E-state index contributed by atoms with van der Waals surface area (Å²) in [7, 11) is -3.11. The number of aryl methyl sites for hydroxylation is 1. The van der Waals surface area contributed by atoms with Gasteiger partial charge in [0, 0.05) is 12.7 Å². The van der Waals surface area contributed by atoms with Gasteiger partial charge in [-0.1, -0.05) is 19.9 Å². The average Bonchev–Trinajstić information content (AvgIpc) is 2.73. The molecule has 2 heterocycles. The molecule has 7 heteroatoms. The molecule has 0 aromatic carbocycles. The van der Waals surface area contributed by atoms with Gasteiger partial charge in [-0.15, -0.1) is 0 Å². The Morgan fingerprint density at radius 1 is 1.35 bits per heavy atom. The smallest absolute Gasteiger partial charge is 0.226 e. The van der Waals surface area contributed by atoms with E-state index >= 15 is 0 Å². The number of carbonyl (C=O) groups excluding carboxylic acids is 1. The monoisotopic (exact) mass is 337 g/mol. The minimum atomic E-state index is -3.11. The van der Waals surface area contributed by atoms with E-state index in [2.05, 4.69) is 10.3 Å². The van der Waals surface area contributed by atoms with Crippen molar-refractivity contribution < 1.29 is 13.2 Å². The summed E-state index contributed by atoms with van der Waals surface area (Å²) >= 11 is 0. The molecule has 0 saturated heterocycles. The molecular weight excluding hydrogens is 314 g/mol. The maximum Gasteiger partial charge on any atom is 0.226 e. The van der Waals surface area contributed by atoms with Crippen LogP contribution < -0.4 is 5.32 Å². The zero-order valence-electron chi connectivity index (χ0n) is 13.7. The first-order valence-corrected chi connectivity index (χ1v) is 9.50. The summed E-state index contributed by atoms with van der Waals surface area (Å²) in [6.07, 6.45) is 2.05. The minimum Gasteiger partial charge on any atom is -0.355 e. The lowest BCUT2D eigenvalue weighted by atomic mass is 10.2. The van der Waals surface area contributed by atoms with Crippen molar-refractivity contribution in [2.75, 3.05) is 18.1 Å². The first-order chi connectivity index (χ1) is 10.8. The van der Waals surface area contributed by atoms with Crippen LogP contribution in [0.1, 0.15) is 25.2 Å². The number of pyridine rings is 1. The summed E-state index contributed by atoms with van der Waals surface area (Å²) in [5, 5.41) is 2.68. The molecule has 0 saturated carbocycles. The molecule has 0 radical (unpaired) electrons. The van der Waals surface area contributed by atoms with Crippen LogP contribution in [-0.2, 0) is 21.1 Å². The van der Waals surface area contributed by atoms with E-state index in [1.54, 1.807) is 0 Å². The third kappa shape index (κ3) is 4.79. The highest BCUT2D eigenvalue weighted by atomic mass is 32.2. The Labute approximate surface area is 136 Å².